The Labute approximate surface area is 159 Å². The van der Waals surface area contributed by atoms with Gasteiger partial charge in [0.25, 0.3) is 0 Å². The van der Waals surface area contributed by atoms with Crippen LogP contribution in [-0.2, 0) is 24.8 Å². The second kappa shape index (κ2) is 7.94. The van der Waals surface area contributed by atoms with Crippen LogP contribution in [0.3, 0.4) is 0 Å². The first-order valence-electron chi connectivity index (χ1n) is 9.34. The first kappa shape index (κ1) is 17.8. The van der Waals surface area contributed by atoms with E-state index >= 15 is 0 Å². The molecule has 0 unspecified atom stereocenters. The lowest BCUT2D eigenvalue weighted by Gasteiger charge is -2.29. The Balaban J connectivity index is 1.52. The van der Waals surface area contributed by atoms with Crippen molar-refractivity contribution in [1.29, 1.82) is 0 Å². The average Bonchev–Trinajstić information content (AvgIpc) is 2.98. The Bertz CT molecular complexity index is 810. The maximum absolute atomic E-state index is 5.08. The summed E-state index contributed by atoms with van der Waals surface area (Å²) in [6, 6.07) is 2.22. The van der Waals surface area contributed by atoms with Gasteiger partial charge in [-0.2, -0.15) is 0 Å². The highest BCUT2D eigenvalue weighted by atomic mass is 32.2. The molecular weight excluding hydrogens is 344 g/mol. The van der Waals surface area contributed by atoms with Crippen molar-refractivity contribution in [1.82, 2.24) is 19.9 Å². The van der Waals surface area contributed by atoms with E-state index in [1.807, 2.05) is 24.2 Å². The summed E-state index contributed by atoms with van der Waals surface area (Å²) in [4.78, 5) is 11.9. The monoisotopic (exact) mass is 370 g/mol. The van der Waals surface area contributed by atoms with Crippen molar-refractivity contribution in [2.75, 3.05) is 20.3 Å². The molecule has 0 amide bonds. The van der Waals surface area contributed by atoms with Crippen molar-refractivity contribution in [3.05, 3.63) is 47.3 Å². The topological polar surface area (TPSA) is 52.0 Å². The maximum atomic E-state index is 5.08. The highest BCUT2D eigenvalue weighted by molar-refractivity contribution is 8.08. The zero-order chi connectivity index (χ0) is 17.9. The van der Waals surface area contributed by atoms with E-state index in [0.717, 1.165) is 37.9 Å². The minimum absolute atomic E-state index is 0.722. The number of ether oxygens (including phenoxy) is 1. The first-order valence-corrected chi connectivity index (χ1v) is 10.2. The van der Waals surface area contributed by atoms with E-state index in [0.29, 0.717) is 0 Å². The molecule has 0 aromatic carbocycles. The number of pyridine rings is 1. The molecule has 0 radical (unpaired) electrons. The largest absolute Gasteiger partial charge is 0.383 e. The van der Waals surface area contributed by atoms with Gasteiger partial charge in [-0.05, 0) is 30.4 Å². The Morgan fingerprint density at radius 1 is 1.35 bits per heavy atom. The van der Waals surface area contributed by atoms with Crippen molar-refractivity contribution in [3.63, 3.8) is 0 Å². The van der Waals surface area contributed by atoms with E-state index in [4.69, 9.17) is 9.72 Å². The van der Waals surface area contributed by atoms with Crippen molar-refractivity contribution in [2.45, 2.75) is 43.0 Å². The molecule has 5 nitrogen and oxygen atoms in total. The summed E-state index contributed by atoms with van der Waals surface area (Å²) in [5.41, 5.74) is 3.90. The van der Waals surface area contributed by atoms with Crippen LogP contribution in [0.4, 0.5) is 0 Å². The van der Waals surface area contributed by atoms with E-state index in [-0.39, 0.29) is 0 Å². The number of rotatable bonds is 7. The fourth-order valence-corrected chi connectivity index (χ4v) is 4.79. The van der Waals surface area contributed by atoms with Gasteiger partial charge in [-0.3, -0.25) is 4.98 Å². The molecule has 0 atom stereocenters. The van der Waals surface area contributed by atoms with Crippen LogP contribution in [0, 0.1) is 0 Å². The van der Waals surface area contributed by atoms with E-state index in [1.165, 1.54) is 46.0 Å². The molecule has 2 aromatic heterocycles. The van der Waals surface area contributed by atoms with Crippen LogP contribution in [0.25, 0.3) is 4.91 Å². The maximum Gasteiger partial charge on any atom is 0.146 e. The predicted octanol–water partition coefficient (Wildman–Crippen LogP) is 3.51. The van der Waals surface area contributed by atoms with Gasteiger partial charge in [0, 0.05) is 44.8 Å². The quantitative estimate of drug-likeness (QED) is 0.756. The van der Waals surface area contributed by atoms with Gasteiger partial charge in [0.1, 0.15) is 5.82 Å². The number of hydrogen-bond donors (Lipinski definition) is 1. The van der Waals surface area contributed by atoms with Gasteiger partial charge >= 0.3 is 0 Å². The van der Waals surface area contributed by atoms with Crippen LogP contribution in [0.2, 0.25) is 0 Å². The predicted molar refractivity (Wildman–Crippen MR) is 105 cm³/mol. The Kier molecular flexibility index (Phi) is 5.43. The minimum atomic E-state index is 0.722. The summed E-state index contributed by atoms with van der Waals surface area (Å²) < 4.78 is 7.28. The molecule has 0 saturated heterocycles. The summed E-state index contributed by atoms with van der Waals surface area (Å²) in [6.45, 7) is 2.37. The Morgan fingerprint density at radius 3 is 3.00 bits per heavy atom. The molecule has 2 aliphatic rings. The number of allylic oxidation sites excluding steroid dienone is 1. The van der Waals surface area contributed by atoms with Crippen molar-refractivity contribution < 1.29 is 4.74 Å². The third-order valence-corrected chi connectivity index (χ3v) is 6.59. The second-order valence-corrected chi connectivity index (χ2v) is 8.03. The first-order chi connectivity index (χ1) is 12.8. The van der Waals surface area contributed by atoms with Crippen LogP contribution in [0.15, 0.2) is 29.4 Å². The number of nitrogens with zero attached hydrogens (tertiary/aromatic N) is 3. The number of thioether (sulfide) groups is 1. The molecule has 1 N–H and O–H groups in total. The number of aromatic nitrogens is 3. The number of fused-ring (bicyclic) bond motifs is 1. The average molecular weight is 371 g/mol. The van der Waals surface area contributed by atoms with Gasteiger partial charge in [0.2, 0.25) is 0 Å². The van der Waals surface area contributed by atoms with E-state index < -0.39 is 0 Å². The molecule has 0 spiro atoms. The number of methoxy groups -OCH3 is 1. The van der Waals surface area contributed by atoms with Gasteiger partial charge in [0.15, 0.2) is 0 Å². The van der Waals surface area contributed by atoms with Gasteiger partial charge in [-0.25, -0.2) is 4.98 Å². The smallest absolute Gasteiger partial charge is 0.146 e. The van der Waals surface area contributed by atoms with E-state index in [9.17, 15) is 0 Å². The molecule has 26 heavy (non-hydrogen) atoms. The van der Waals surface area contributed by atoms with Crippen LogP contribution >= 0.6 is 11.8 Å². The van der Waals surface area contributed by atoms with Crippen LogP contribution in [0.1, 0.15) is 48.0 Å². The van der Waals surface area contributed by atoms with E-state index in [2.05, 4.69) is 34.1 Å². The SMILES string of the molecule is COCCNCc1cnc(C2=CCc3nccc(C4CCC4)c3S2)n1C. The van der Waals surface area contributed by atoms with Crippen LogP contribution in [0.5, 0.6) is 0 Å². The van der Waals surface area contributed by atoms with E-state index in [1.54, 1.807) is 7.11 Å². The normalized spacial score (nSPS) is 16.9. The number of imidazole rings is 1. The van der Waals surface area contributed by atoms with Crippen molar-refractivity contribution in [2.24, 2.45) is 7.05 Å². The highest BCUT2D eigenvalue weighted by Crippen LogP contribution is 2.47. The van der Waals surface area contributed by atoms with Crippen molar-refractivity contribution >= 4 is 16.7 Å². The van der Waals surface area contributed by atoms with Crippen LogP contribution < -0.4 is 5.32 Å². The summed E-state index contributed by atoms with van der Waals surface area (Å²) >= 11 is 1.85. The molecule has 1 fully saturated rings. The lowest BCUT2D eigenvalue weighted by atomic mass is 9.80. The molecule has 6 heteroatoms. The minimum Gasteiger partial charge on any atom is -0.383 e. The lowest BCUT2D eigenvalue weighted by Crippen LogP contribution is -2.20. The summed E-state index contributed by atoms with van der Waals surface area (Å²) in [6.07, 6.45) is 11.1. The Morgan fingerprint density at radius 2 is 2.23 bits per heavy atom. The third kappa shape index (κ3) is 3.46. The molecule has 2 aromatic rings. The Hall–Kier alpha value is -1.63. The molecule has 4 rings (SSSR count). The standard InChI is InChI=1S/C20H26N4OS/c1-24-15(12-21-10-11-25-2)13-23-20(24)18-7-6-17-19(26-18)16(8-9-22-17)14-4-3-5-14/h7-9,13-14,21H,3-6,10-12H2,1-2H3. The van der Waals surface area contributed by atoms with Crippen LogP contribution in [-0.4, -0.2) is 34.8 Å². The molecule has 138 valence electrons. The van der Waals surface area contributed by atoms with Gasteiger partial charge in [0.05, 0.1) is 29.1 Å². The number of hydrogen-bond acceptors (Lipinski definition) is 5. The molecule has 3 heterocycles. The van der Waals surface area contributed by atoms with Gasteiger partial charge in [-0.15, -0.1) is 0 Å². The van der Waals surface area contributed by atoms with Gasteiger partial charge < -0.3 is 14.6 Å². The third-order valence-electron chi connectivity index (χ3n) is 5.34. The fraction of sp³-hybridized carbons (Fsp3) is 0.500. The number of nitrogens with one attached hydrogen (secondary N) is 1. The molecule has 1 saturated carbocycles. The lowest BCUT2D eigenvalue weighted by molar-refractivity contribution is 0.199. The molecular formula is C20H26N4OS. The molecule has 0 bridgehead atoms. The fourth-order valence-electron chi connectivity index (χ4n) is 3.52. The zero-order valence-corrected chi connectivity index (χ0v) is 16.3. The summed E-state index contributed by atoms with van der Waals surface area (Å²) in [5.74, 6) is 1.77. The highest BCUT2D eigenvalue weighted by Gasteiger charge is 2.27. The summed E-state index contributed by atoms with van der Waals surface area (Å²) in [5, 5.41) is 3.39. The zero-order valence-electron chi connectivity index (χ0n) is 15.5. The summed E-state index contributed by atoms with van der Waals surface area (Å²) in [7, 11) is 3.82. The second-order valence-electron chi connectivity index (χ2n) is 6.98. The van der Waals surface area contributed by atoms with Gasteiger partial charge in [-0.1, -0.05) is 24.3 Å². The molecule has 1 aliphatic carbocycles. The molecule has 1 aliphatic heterocycles. The van der Waals surface area contributed by atoms with Crippen molar-refractivity contribution in [3.8, 4) is 0 Å².